The Morgan fingerprint density at radius 3 is 2.40 bits per heavy atom. The van der Waals surface area contributed by atoms with Crippen molar-refractivity contribution in [1.82, 2.24) is 14.9 Å². The lowest BCUT2D eigenvalue weighted by atomic mass is 9.96. The van der Waals surface area contributed by atoms with E-state index < -0.39 is 17.9 Å². The molecule has 0 spiro atoms. The number of aliphatic carboxylic acids is 1. The van der Waals surface area contributed by atoms with Crippen LogP contribution in [-0.2, 0) is 19.2 Å². The van der Waals surface area contributed by atoms with Crippen molar-refractivity contribution in [2.24, 2.45) is 23.3 Å². The lowest BCUT2D eigenvalue weighted by Crippen LogP contribution is -2.43. The van der Waals surface area contributed by atoms with Crippen molar-refractivity contribution in [1.29, 1.82) is 0 Å². The number of aromatic amines is 1. The molecule has 55 heavy (non-hydrogen) atoms. The molecule has 6 rings (SSSR count). The van der Waals surface area contributed by atoms with Crippen molar-refractivity contribution < 1.29 is 29.0 Å². The molecule has 2 saturated carbocycles. The number of unbranched alkanes of at least 4 members (excludes halogenated alkanes) is 4. The number of nitrogens with one attached hydrogen (secondary N) is 2. The first-order valence-corrected chi connectivity index (χ1v) is 20.5. The van der Waals surface area contributed by atoms with Gasteiger partial charge in [-0.15, -0.1) is 11.3 Å². The van der Waals surface area contributed by atoms with Crippen LogP contribution in [0.4, 0.5) is 5.13 Å². The number of carboxylic acids is 1. The summed E-state index contributed by atoms with van der Waals surface area (Å²) in [6.45, 7) is 5.95. The van der Waals surface area contributed by atoms with Crippen molar-refractivity contribution >= 4 is 51.1 Å². The number of H-pyrrole nitrogens is 1. The maximum atomic E-state index is 12.4. The Balaban J connectivity index is 0.000000259. The standard InChI is InChI=1S/C19H21N3O2S.C18H28N2O4.C2H5NO.C2H6/c1-24-13-7-8-14-15(9-13)21-16(10-18(14)23)17-11-25-19(22-17)20-12-5-3-2-4-6-12;19-17(22)15-9-7-11-20(15)16(21)10-6-4-2-1-3-5-8-13-12-14(13)18(23)24;1-2(3)4;1-2/h7-12H,2-6H2,1H3,(H,20,22)(H,21,23);5,8,13-15H,1-4,6-7,9-12H2,(H2,19,22)(H,23,24);1H3,(H2,3,4);1-2H3/b;8-5-;;. The van der Waals surface area contributed by atoms with Gasteiger partial charge in [-0.2, -0.15) is 0 Å². The van der Waals surface area contributed by atoms with Gasteiger partial charge in [0.15, 0.2) is 10.6 Å². The van der Waals surface area contributed by atoms with E-state index in [0.29, 0.717) is 30.8 Å². The molecule has 3 fully saturated rings. The second kappa shape index (κ2) is 23.3. The average Bonchev–Trinajstić information content (AvgIpc) is 3.52. The number of primary amides is 2. The molecule has 3 aliphatic rings. The predicted molar refractivity (Wildman–Crippen MR) is 219 cm³/mol. The molecule has 13 nitrogen and oxygen atoms in total. The Bertz CT molecular complexity index is 1780. The zero-order valence-corrected chi connectivity index (χ0v) is 33.6. The van der Waals surface area contributed by atoms with Crippen LogP contribution in [-0.4, -0.2) is 69.4 Å². The van der Waals surface area contributed by atoms with E-state index in [4.69, 9.17) is 15.6 Å². The summed E-state index contributed by atoms with van der Waals surface area (Å²) in [7, 11) is 1.62. The Kier molecular flexibility index (Phi) is 18.9. The van der Waals surface area contributed by atoms with E-state index in [9.17, 15) is 24.0 Å². The van der Waals surface area contributed by atoms with E-state index in [-0.39, 0.29) is 29.1 Å². The van der Waals surface area contributed by atoms with Crippen molar-refractivity contribution in [3.63, 3.8) is 0 Å². The van der Waals surface area contributed by atoms with Crippen molar-refractivity contribution in [3.05, 3.63) is 52.0 Å². The lowest BCUT2D eigenvalue weighted by Gasteiger charge is -2.22. The van der Waals surface area contributed by atoms with Crippen LogP contribution in [0, 0.1) is 11.8 Å². The molecule has 3 amide bonds. The minimum atomic E-state index is -0.689. The van der Waals surface area contributed by atoms with Gasteiger partial charge in [-0.3, -0.25) is 24.0 Å². The number of methoxy groups -OCH3 is 1. The molecule has 3 unspecified atom stereocenters. The first-order valence-electron chi connectivity index (χ1n) is 19.6. The van der Waals surface area contributed by atoms with E-state index >= 15 is 0 Å². The number of amides is 3. The number of hydrogen-bond donors (Lipinski definition) is 5. The number of aromatic nitrogens is 2. The Morgan fingerprint density at radius 2 is 1.75 bits per heavy atom. The maximum Gasteiger partial charge on any atom is 0.307 e. The summed E-state index contributed by atoms with van der Waals surface area (Å²) in [6, 6.07) is 7.16. The smallest absolute Gasteiger partial charge is 0.307 e. The van der Waals surface area contributed by atoms with Gasteiger partial charge >= 0.3 is 5.97 Å². The Labute approximate surface area is 328 Å². The molecule has 1 saturated heterocycles. The SMILES string of the molecule is CC.CC(N)=O.COc1ccc2c(=O)cc(-c3csc(NC4CCCCC4)n3)[nH]c2c1.NC(=O)C1CCCN1C(=O)CCCCCC/C=C\C1CC1C(=O)O. The minimum absolute atomic E-state index is 0.0128. The molecular formula is C41H60N6O7S. The number of hydrogen-bond acceptors (Lipinski definition) is 9. The molecule has 302 valence electrons. The Morgan fingerprint density at radius 1 is 1.04 bits per heavy atom. The molecule has 2 aromatic heterocycles. The largest absolute Gasteiger partial charge is 0.497 e. The monoisotopic (exact) mass is 780 g/mol. The number of nitrogens with two attached hydrogens (primary N) is 2. The number of allylic oxidation sites excluding steroid dienone is 2. The first-order chi connectivity index (χ1) is 26.5. The number of anilines is 1. The van der Waals surface area contributed by atoms with Gasteiger partial charge in [0.1, 0.15) is 11.8 Å². The third-order valence-corrected chi connectivity index (χ3v) is 10.5. The van der Waals surface area contributed by atoms with Crippen LogP contribution in [0.3, 0.4) is 0 Å². The van der Waals surface area contributed by atoms with Crippen LogP contribution in [0.15, 0.2) is 46.6 Å². The molecule has 3 atom stereocenters. The third kappa shape index (κ3) is 14.8. The fraction of sp³-hybridized carbons (Fsp3) is 0.561. The van der Waals surface area contributed by atoms with Crippen LogP contribution in [0.25, 0.3) is 22.3 Å². The second-order valence-electron chi connectivity index (χ2n) is 14.0. The first kappa shape index (κ1) is 44.7. The molecule has 3 heterocycles. The molecule has 1 aromatic carbocycles. The maximum absolute atomic E-state index is 12.4. The molecule has 7 N–H and O–H groups in total. The van der Waals surface area contributed by atoms with E-state index in [1.807, 2.05) is 31.4 Å². The predicted octanol–water partition coefficient (Wildman–Crippen LogP) is 7.00. The fourth-order valence-corrected chi connectivity index (χ4v) is 7.55. The summed E-state index contributed by atoms with van der Waals surface area (Å²) in [5.74, 6) is -0.580. The highest BCUT2D eigenvalue weighted by Gasteiger charge is 2.41. The summed E-state index contributed by atoms with van der Waals surface area (Å²) < 4.78 is 5.25. The van der Waals surface area contributed by atoms with Crippen molar-refractivity contribution in [2.75, 3.05) is 19.0 Å². The van der Waals surface area contributed by atoms with Gasteiger partial charge in [0, 0.05) is 48.8 Å². The molecule has 0 radical (unpaired) electrons. The molecule has 2 aliphatic carbocycles. The van der Waals surface area contributed by atoms with Crippen LogP contribution in [0.1, 0.15) is 111 Å². The summed E-state index contributed by atoms with van der Waals surface area (Å²) in [5.41, 5.74) is 12.1. The number of fused-ring (bicyclic) bond motifs is 1. The lowest BCUT2D eigenvalue weighted by molar-refractivity contribution is -0.138. The molecule has 1 aliphatic heterocycles. The zero-order valence-electron chi connectivity index (χ0n) is 32.8. The number of likely N-dealkylation sites (tertiary alicyclic amines) is 1. The van der Waals surface area contributed by atoms with Gasteiger partial charge in [0.25, 0.3) is 0 Å². The van der Waals surface area contributed by atoms with E-state index in [1.165, 1.54) is 39.0 Å². The van der Waals surface area contributed by atoms with Gasteiger partial charge < -0.3 is 36.5 Å². The number of pyridine rings is 1. The van der Waals surface area contributed by atoms with Crippen molar-refractivity contribution in [2.45, 2.75) is 123 Å². The minimum Gasteiger partial charge on any atom is -0.497 e. The molecular weight excluding hydrogens is 721 g/mol. The number of benzene rings is 1. The number of thiazole rings is 1. The number of nitrogens with zero attached hydrogens (tertiary/aromatic N) is 2. The summed E-state index contributed by atoms with van der Waals surface area (Å²) in [4.78, 5) is 65.4. The topological polar surface area (TPSA) is 211 Å². The normalized spacial score (nSPS) is 18.9. The van der Waals surface area contributed by atoms with Gasteiger partial charge in [0.05, 0.1) is 29.9 Å². The van der Waals surface area contributed by atoms with Crippen LogP contribution in [0.2, 0.25) is 0 Å². The average molecular weight is 781 g/mol. The molecule has 14 heteroatoms. The van der Waals surface area contributed by atoms with E-state index in [2.05, 4.69) is 27.1 Å². The highest BCUT2D eigenvalue weighted by atomic mass is 32.1. The third-order valence-electron chi connectivity index (χ3n) is 9.70. The zero-order chi connectivity index (χ0) is 40.3. The summed E-state index contributed by atoms with van der Waals surface area (Å²) in [5, 5.41) is 15.9. The van der Waals surface area contributed by atoms with Gasteiger partial charge in [0.2, 0.25) is 17.7 Å². The highest BCUT2D eigenvalue weighted by Crippen LogP contribution is 2.39. The number of ether oxygens (including phenoxy) is 1. The van der Waals surface area contributed by atoms with Crippen LogP contribution >= 0.6 is 11.3 Å². The van der Waals surface area contributed by atoms with Gasteiger partial charge in [-0.25, -0.2) is 4.98 Å². The molecule has 3 aromatic rings. The number of rotatable bonds is 14. The summed E-state index contributed by atoms with van der Waals surface area (Å²) in [6.07, 6.45) is 18.2. The number of carbonyl (C=O) groups is 4. The van der Waals surface area contributed by atoms with E-state index in [1.54, 1.807) is 41.5 Å². The molecule has 0 bridgehead atoms. The second-order valence-corrected chi connectivity index (χ2v) is 14.8. The van der Waals surface area contributed by atoms with E-state index in [0.717, 1.165) is 72.7 Å². The quantitative estimate of drug-likeness (QED) is 0.0841. The van der Waals surface area contributed by atoms with Crippen LogP contribution < -0.4 is 26.9 Å². The summed E-state index contributed by atoms with van der Waals surface area (Å²) >= 11 is 1.59. The van der Waals surface area contributed by atoms with Crippen molar-refractivity contribution in [3.8, 4) is 17.1 Å². The number of carbonyl (C=O) groups excluding carboxylic acids is 3. The van der Waals surface area contributed by atoms with Crippen LogP contribution in [0.5, 0.6) is 5.75 Å². The highest BCUT2D eigenvalue weighted by molar-refractivity contribution is 7.14. The number of carboxylic acid groups (broad SMARTS) is 1. The van der Waals surface area contributed by atoms with Gasteiger partial charge in [-0.05, 0) is 69.4 Å². The Hall–Kier alpha value is -4.72. The van der Waals surface area contributed by atoms with Gasteiger partial charge in [-0.1, -0.05) is 58.1 Å². The fourth-order valence-electron chi connectivity index (χ4n) is 6.76.